The second-order valence-electron chi connectivity index (χ2n) is 5.74. The number of nitriles is 1. The Morgan fingerprint density at radius 3 is 2.86 bits per heavy atom. The van der Waals surface area contributed by atoms with Crippen LogP contribution in [0.15, 0.2) is 24.3 Å². The average molecular weight is 285 g/mol. The molecule has 1 aliphatic rings. The number of amides is 1. The van der Waals surface area contributed by atoms with Crippen molar-refractivity contribution in [3.63, 3.8) is 0 Å². The van der Waals surface area contributed by atoms with Crippen LogP contribution in [0.25, 0.3) is 0 Å². The molecule has 0 heterocycles. The highest BCUT2D eigenvalue weighted by molar-refractivity contribution is 5.94. The van der Waals surface area contributed by atoms with Crippen molar-refractivity contribution in [2.24, 2.45) is 5.92 Å². The molecule has 2 rings (SSSR count). The summed E-state index contributed by atoms with van der Waals surface area (Å²) < 4.78 is 0. The summed E-state index contributed by atoms with van der Waals surface area (Å²) in [5.41, 5.74) is 1.24. The standard InChI is InChI=1S/C17H23N3O/c1-3-20(12-14-6-4-7-14)13(2)17(21)19-16-9-5-8-15(10-16)11-18/h5,8-10,13-14H,3-4,6-7,12H2,1-2H3,(H,19,21). The Balaban J connectivity index is 1.95. The third kappa shape index (κ3) is 4.05. The van der Waals surface area contributed by atoms with Crippen LogP contribution >= 0.6 is 0 Å². The molecule has 0 aliphatic heterocycles. The minimum atomic E-state index is -0.152. The molecule has 0 radical (unpaired) electrons. The lowest BCUT2D eigenvalue weighted by Gasteiger charge is -2.34. The van der Waals surface area contributed by atoms with E-state index >= 15 is 0 Å². The number of rotatable bonds is 6. The maximum absolute atomic E-state index is 12.4. The molecule has 4 nitrogen and oxygen atoms in total. The Kier molecular flexibility index (Phi) is 5.35. The van der Waals surface area contributed by atoms with Gasteiger partial charge in [-0.05, 0) is 50.4 Å². The summed E-state index contributed by atoms with van der Waals surface area (Å²) in [5, 5.41) is 11.8. The van der Waals surface area contributed by atoms with E-state index < -0.39 is 0 Å². The van der Waals surface area contributed by atoms with E-state index in [2.05, 4.69) is 23.2 Å². The van der Waals surface area contributed by atoms with Gasteiger partial charge in [-0.1, -0.05) is 19.4 Å². The Bertz CT molecular complexity index is 531. The summed E-state index contributed by atoms with van der Waals surface area (Å²) in [6.07, 6.45) is 3.90. The van der Waals surface area contributed by atoms with E-state index in [1.54, 1.807) is 18.2 Å². The molecule has 21 heavy (non-hydrogen) atoms. The summed E-state index contributed by atoms with van der Waals surface area (Å²) in [6, 6.07) is 8.96. The number of anilines is 1. The molecule has 0 spiro atoms. The fraction of sp³-hybridized carbons (Fsp3) is 0.529. The number of likely N-dealkylation sites (N-methyl/N-ethyl adjacent to an activating group) is 1. The fourth-order valence-corrected chi connectivity index (χ4v) is 2.65. The van der Waals surface area contributed by atoms with Crippen LogP contribution in [0, 0.1) is 17.2 Å². The van der Waals surface area contributed by atoms with Crippen molar-refractivity contribution in [1.82, 2.24) is 4.90 Å². The van der Waals surface area contributed by atoms with E-state index in [1.807, 2.05) is 13.0 Å². The molecule has 1 aliphatic carbocycles. The highest BCUT2D eigenvalue weighted by Gasteiger charge is 2.25. The van der Waals surface area contributed by atoms with Crippen LogP contribution in [0.5, 0.6) is 0 Å². The van der Waals surface area contributed by atoms with Gasteiger partial charge in [0.15, 0.2) is 0 Å². The first-order valence-corrected chi connectivity index (χ1v) is 7.69. The van der Waals surface area contributed by atoms with Gasteiger partial charge in [-0.2, -0.15) is 5.26 Å². The number of benzene rings is 1. The first-order valence-electron chi connectivity index (χ1n) is 7.69. The third-order valence-corrected chi connectivity index (χ3v) is 4.31. The fourth-order valence-electron chi connectivity index (χ4n) is 2.65. The SMILES string of the molecule is CCN(CC1CCC1)C(C)C(=O)Nc1cccc(C#N)c1. The molecule has 1 aromatic carbocycles. The van der Waals surface area contributed by atoms with Crippen molar-refractivity contribution in [2.75, 3.05) is 18.4 Å². The normalized spacial score (nSPS) is 16.1. The number of carbonyl (C=O) groups is 1. The number of nitrogens with zero attached hydrogens (tertiary/aromatic N) is 2. The Labute approximate surface area is 126 Å². The van der Waals surface area contributed by atoms with Gasteiger partial charge >= 0.3 is 0 Å². The zero-order chi connectivity index (χ0) is 15.2. The largest absolute Gasteiger partial charge is 0.325 e. The molecule has 1 N–H and O–H groups in total. The van der Waals surface area contributed by atoms with E-state index in [1.165, 1.54) is 19.3 Å². The minimum absolute atomic E-state index is 0.00809. The van der Waals surface area contributed by atoms with Gasteiger partial charge in [-0.15, -0.1) is 0 Å². The lowest BCUT2D eigenvalue weighted by molar-refractivity contribution is -0.121. The van der Waals surface area contributed by atoms with Crippen LogP contribution in [-0.4, -0.2) is 29.9 Å². The van der Waals surface area contributed by atoms with Crippen molar-refractivity contribution in [2.45, 2.75) is 39.2 Å². The maximum atomic E-state index is 12.4. The third-order valence-electron chi connectivity index (χ3n) is 4.31. The van der Waals surface area contributed by atoms with Gasteiger partial charge in [0.1, 0.15) is 0 Å². The smallest absolute Gasteiger partial charge is 0.241 e. The van der Waals surface area contributed by atoms with Crippen molar-refractivity contribution >= 4 is 11.6 Å². The van der Waals surface area contributed by atoms with Gasteiger partial charge in [-0.3, -0.25) is 9.69 Å². The van der Waals surface area contributed by atoms with Gasteiger partial charge in [-0.25, -0.2) is 0 Å². The second kappa shape index (κ2) is 7.24. The molecule has 1 atom stereocenters. The first-order chi connectivity index (χ1) is 10.1. The minimum Gasteiger partial charge on any atom is -0.325 e. The zero-order valence-corrected chi connectivity index (χ0v) is 12.8. The highest BCUT2D eigenvalue weighted by Crippen LogP contribution is 2.27. The average Bonchev–Trinajstić information content (AvgIpc) is 2.46. The molecule has 1 amide bonds. The number of nitrogens with one attached hydrogen (secondary N) is 1. The monoisotopic (exact) mass is 285 g/mol. The molecule has 1 saturated carbocycles. The quantitative estimate of drug-likeness (QED) is 0.874. The molecule has 0 aromatic heterocycles. The van der Waals surface area contributed by atoms with E-state index in [4.69, 9.17) is 5.26 Å². The van der Waals surface area contributed by atoms with E-state index in [0.717, 1.165) is 19.0 Å². The van der Waals surface area contributed by atoms with Crippen LogP contribution in [0.1, 0.15) is 38.7 Å². The number of hydrogen-bond acceptors (Lipinski definition) is 3. The van der Waals surface area contributed by atoms with Crippen molar-refractivity contribution in [3.05, 3.63) is 29.8 Å². The number of hydrogen-bond donors (Lipinski definition) is 1. The lowest BCUT2D eigenvalue weighted by atomic mass is 9.85. The number of carbonyl (C=O) groups excluding carboxylic acids is 1. The highest BCUT2D eigenvalue weighted by atomic mass is 16.2. The molecule has 1 unspecified atom stereocenters. The van der Waals surface area contributed by atoms with Crippen LogP contribution < -0.4 is 5.32 Å². The van der Waals surface area contributed by atoms with Crippen molar-refractivity contribution < 1.29 is 4.79 Å². The molecular weight excluding hydrogens is 262 g/mol. The predicted octanol–water partition coefficient (Wildman–Crippen LogP) is 3.01. The van der Waals surface area contributed by atoms with Crippen LogP contribution in [0.3, 0.4) is 0 Å². The predicted molar refractivity (Wildman–Crippen MR) is 83.8 cm³/mol. The molecule has 0 saturated heterocycles. The molecule has 112 valence electrons. The van der Waals surface area contributed by atoms with E-state index in [-0.39, 0.29) is 11.9 Å². The van der Waals surface area contributed by atoms with Crippen LogP contribution in [-0.2, 0) is 4.79 Å². The zero-order valence-electron chi connectivity index (χ0n) is 12.8. The topological polar surface area (TPSA) is 56.1 Å². The summed E-state index contributed by atoms with van der Waals surface area (Å²) in [7, 11) is 0. The van der Waals surface area contributed by atoms with Crippen molar-refractivity contribution in [3.8, 4) is 6.07 Å². The molecule has 1 fully saturated rings. The Morgan fingerprint density at radius 2 is 2.29 bits per heavy atom. The second-order valence-corrected chi connectivity index (χ2v) is 5.74. The summed E-state index contributed by atoms with van der Waals surface area (Å²) in [4.78, 5) is 14.6. The molecule has 0 bridgehead atoms. The summed E-state index contributed by atoms with van der Waals surface area (Å²) in [5.74, 6) is 0.744. The van der Waals surface area contributed by atoms with Crippen molar-refractivity contribution in [1.29, 1.82) is 5.26 Å². The molecular formula is C17H23N3O. The van der Waals surface area contributed by atoms with Gasteiger partial charge < -0.3 is 5.32 Å². The van der Waals surface area contributed by atoms with Gasteiger partial charge in [0.25, 0.3) is 0 Å². The Hall–Kier alpha value is -1.86. The van der Waals surface area contributed by atoms with E-state index in [9.17, 15) is 4.79 Å². The lowest BCUT2D eigenvalue weighted by Crippen LogP contribution is -2.45. The molecule has 4 heteroatoms. The summed E-state index contributed by atoms with van der Waals surface area (Å²) >= 11 is 0. The van der Waals surface area contributed by atoms with E-state index in [0.29, 0.717) is 11.3 Å². The van der Waals surface area contributed by atoms with Gasteiger partial charge in [0, 0.05) is 12.2 Å². The van der Waals surface area contributed by atoms with Crippen LogP contribution in [0.4, 0.5) is 5.69 Å². The first kappa shape index (κ1) is 15.5. The Morgan fingerprint density at radius 1 is 1.52 bits per heavy atom. The van der Waals surface area contributed by atoms with Gasteiger partial charge in [0.2, 0.25) is 5.91 Å². The van der Waals surface area contributed by atoms with Crippen LogP contribution in [0.2, 0.25) is 0 Å². The maximum Gasteiger partial charge on any atom is 0.241 e. The van der Waals surface area contributed by atoms with Gasteiger partial charge in [0.05, 0.1) is 17.7 Å². The summed E-state index contributed by atoms with van der Waals surface area (Å²) in [6.45, 7) is 5.93. The molecule has 1 aromatic rings.